The average Bonchev–Trinajstić information content (AvgIpc) is 2.74. The molecule has 0 saturated heterocycles. The molecule has 0 saturated carbocycles. The van der Waals surface area contributed by atoms with Crippen LogP contribution in [0.15, 0.2) is 24.3 Å². The number of carbonyl (C=O) groups is 1. The molecule has 0 radical (unpaired) electrons. The number of carbonyl (C=O) groups excluding carboxylic acids is 1. The highest BCUT2D eigenvalue weighted by Gasteiger charge is 2.17. The molecule has 2 aromatic rings. The molecule has 0 amide bonds. The molecule has 102 valence electrons. The van der Waals surface area contributed by atoms with Crippen LogP contribution in [0.3, 0.4) is 0 Å². The van der Waals surface area contributed by atoms with Gasteiger partial charge < -0.3 is 0 Å². The van der Waals surface area contributed by atoms with Crippen LogP contribution >= 0.6 is 11.6 Å². The fourth-order valence-electron chi connectivity index (χ4n) is 1.98. The maximum absolute atomic E-state index is 11.2. The quantitative estimate of drug-likeness (QED) is 0.810. The van der Waals surface area contributed by atoms with Crippen molar-refractivity contribution in [2.45, 2.75) is 20.3 Å². The van der Waals surface area contributed by atoms with E-state index >= 15 is 0 Å². The van der Waals surface area contributed by atoms with E-state index in [9.17, 15) is 4.79 Å². The summed E-state index contributed by atoms with van der Waals surface area (Å²) < 4.78 is 1.50. The molecule has 0 aliphatic carbocycles. The minimum Gasteiger partial charge on any atom is -0.298 e. The summed E-state index contributed by atoms with van der Waals surface area (Å²) in [4.78, 5) is 11.2. The Morgan fingerprint density at radius 1 is 1.50 bits per heavy atom. The minimum absolute atomic E-state index is 0.283. The molecule has 0 bridgehead atoms. The van der Waals surface area contributed by atoms with Gasteiger partial charge in [-0.25, -0.2) is 4.68 Å². The highest BCUT2D eigenvalue weighted by Crippen LogP contribution is 2.24. The predicted molar refractivity (Wildman–Crippen MR) is 77.2 cm³/mol. The lowest BCUT2D eigenvalue weighted by atomic mass is 10.1. The lowest BCUT2D eigenvalue weighted by molar-refractivity contribution is 0.112. The summed E-state index contributed by atoms with van der Waals surface area (Å²) in [5, 5.41) is 13.6. The maximum atomic E-state index is 11.2. The topological polar surface area (TPSA) is 58.7 Å². The second-order valence-corrected chi connectivity index (χ2v) is 5.30. The Morgan fingerprint density at radius 2 is 2.25 bits per heavy atom. The number of aldehydes is 1. The SMILES string of the molecule is CC(C)Cc1nn(-c2cccc(C#N)c2)c(Cl)c1C=O. The van der Waals surface area contributed by atoms with E-state index in [2.05, 4.69) is 25.0 Å². The van der Waals surface area contributed by atoms with Crippen molar-refractivity contribution in [3.8, 4) is 11.8 Å². The van der Waals surface area contributed by atoms with E-state index < -0.39 is 0 Å². The van der Waals surface area contributed by atoms with E-state index in [0.717, 1.165) is 6.29 Å². The van der Waals surface area contributed by atoms with Crippen LogP contribution in [0.4, 0.5) is 0 Å². The standard InChI is InChI=1S/C15H14ClN3O/c1-10(2)6-14-13(9-20)15(16)19(18-14)12-5-3-4-11(7-12)8-17/h3-5,7,9-10H,6H2,1-2H3. The van der Waals surface area contributed by atoms with Gasteiger partial charge in [-0.1, -0.05) is 31.5 Å². The van der Waals surface area contributed by atoms with Crippen molar-refractivity contribution in [3.05, 3.63) is 46.2 Å². The molecule has 0 atom stereocenters. The molecule has 5 heteroatoms. The summed E-state index contributed by atoms with van der Waals surface area (Å²) in [7, 11) is 0. The van der Waals surface area contributed by atoms with Crippen LogP contribution in [0.2, 0.25) is 5.15 Å². The summed E-state index contributed by atoms with van der Waals surface area (Å²) >= 11 is 6.23. The molecule has 0 aliphatic rings. The molecule has 1 heterocycles. The van der Waals surface area contributed by atoms with E-state index in [1.54, 1.807) is 24.3 Å². The fraction of sp³-hybridized carbons (Fsp3) is 0.267. The van der Waals surface area contributed by atoms with Crippen molar-refractivity contribution >= 4 is 17.9 Å². The number of rotatable bonds is 4. The molecule has 0 spiro atoms. The first kappa shape index (κ1) is 14.3. The van der Waals surface area contributed by atoms with Crippen molar-refractivity contribution in [2.75, 3.05) is 0 Å². The second-order valence-electron chi connectivity index (χ2n) is 4.94. The normalized spacial score (nSPS) is 10.6. The van der Waals surface area contributed by atoms with Crippen molar-refractivity contribution in [1.29, 1.82) is 5.26 Å². The van der Waals surface area contributed by atoms with E-state index in [-0.39, 0.29) is 5.15 Å². The Kier molecular flexibility index (Phi) is 4.21. The van der Waals surface area contributed by atoms with Gasteiger partial charge in [-0.15, -0.1) is 0 Å². The van der Waals surface area contributed by atoms with E-state index in [1.165, 1.54) is 4.68 Å². The van der Waals surface area contributed by atoms with Crippen LogP contribution in [0.1, 0.15) is 35.5 Å². The van der Waals surface area contributed by atoms with E-state index in [0.29, 0.717) is 34.8 Å². The van der Waals surface area contributed by atoms with Gasteiger partial charge in [0.25, 0.3) is 0 Å². The number of aromatic nitrogens is 2. The van der Waals surface area contributed by atoms with Crippen LogP contribution in [0.5, 0.6) is 0 Å². The number of nitrogens with zero attached hydrogens (tertiary/aromatic N) is 3. The molecule has 4 nitrogen and oxygen atoms in total. The molecule has 2 rings (SSSR count). The van der Waals surface area contributed by atoms with E-state index in [4.69, 9.17) is 16.9 Å². The number of hydrogen-bond acceptors (Lipinski definition) is 3. The first-order chi connectivity index (χ1) is 9.56. The zero-order valence-electron chi connectivity index (χ0n) is 11.3. The number of nitriles is 1. The lowest BCUT2D eigenvalue weighted by Gasteiger charge is -2.03. The first-order valence-electron chi connectivity index (χ1n) is 6.30. The Labute approximate surface area is 122 Å². The van der Waals surface area contributed by atoms with Crippen molar-refractivity contribution in [2.24, 2.45) is 5.92 Å². The molecule has 0 fully saturated rings. The highest BCUT2D eigenvalue weighted by atomic mass is 35.5. The smallest absolute Gasteiger partial charge is 0.155 e. The summed E-state index contributed by atoms with van der Waals surface area (Å²) in [5.74, 6) is 0.374. The summed E-state index contributed by atoms with van der Waals surface area (Å²) in [5.41, 5.74) is 2.30. The van der Waals surface area contributed by atoms with Crippen LogP contribution < -0.4 is 0 Å². The molecule has 0 aliphatic heterocycles. The second kappa shape index (κ2) is 5.89. The average molecular weight is 288 g/mol. The largest absolute Gasteiger partial charge is 0.298 e. The Morgan fingerprint density at radius 3 is 2.85 bits per heavy atom. The minimum atomic E-state index is 0.283. The molecule has 1 aromatic heterocycles. The third-order valence-corrected chi connectivity index (χ3v) is 3.24. The van der Waals surface area contributed by atoms with Crippen LogP contribution in [0, 0.1) is 17.2 Å². The fourth-order valence-corrected chi connectivity index (χ4v) is 2.27. The van der Waals surface area contributed by atoms with Crippen LogP contribution in [-0.4, -0.2) is 16.1 Å². The molecular weight excluding hydrogens is 274 g/mol. The molecule has 20 heavy (non-hydrogen) atoms. The zero-order chi connectivity index (χ0) is 14.7. The van der Waals surface area contributed by atoms with Gasteiger partial charge in [0.05, 0.1) is 28.6 Å². The summed E-state index contributed by atoms with van der Waals surface area (Å²) in [6.45, 7) is 4.11. The van der Waals surface area contributed by atoms with Gasteiger partial charge in [0.15, 0.2) is 6.29 Å². The van der Waals surface area contributed by atoms with E-state index in [1.807, 2.05) is 0 Å². The van der Waals surface area contributed by atoms with Crippen molar-refractivity contribution in [3.63, 3.8) is 0 Å². The third kappa shape index (κ3) is 2.73. The van der Waals surface area contributed by atoms with Gasteiger partial charge in [0.2, 0.25) is 0 Å². The maximum Gasteiger partial charge on any atom is 0.155 e. The summed E-state index contributed by atoms with van der Waals surface area (Å²) in [6, 6.07) is 9.02. The van der Waals surface area contributed by atoms with Gasteiger partial charge in [-0.2, -0.15) is 10.4 Å². The Balaban J connectivity index is 2.54. The van der Waals surface area contributed by atoms with Crippen molar-refractivity contribution < 1.29 is 4.79 Å². The zero-order valence-corrected chi connectivity index (χ0v) is 12.1. The lowest BCUT2D eigenvalue weighted by Crippen LogP contribution is -2.00. The predicted octanol–water partition coefficient (Wildman–Crippen LogP) is 3.41. The van der Waals surface area contributed by atoms with Gasteiger partial charge in [0.1, 0.15) is 5.15 Å². The highest BCUT2D eigenvalue weighted by molar-refractivity contribution is 6.32. The Hall–Kier alpha value is -2.12. The van der Waals surface area contributed by atoms with Gasteiger partial charge in [-0.3, -0.25) is 4.79 Å². The molecular formula is C15H14ClN3O. The monoisotopic (exact) mass is 287 g/mol. The molecule has 0 N–H and O–H groups in total. The Bertz CT molecular complexity index is 683. The first-order valence-corrected chi connectivity index (χ1v) is 6.67. The number of benzene rings is 1. The third-order valence-electron chi connectivity index (χ3n) is 2.88. The number of hydrogen-bond donors (Lipinski definition) is 0. The van der Waals surface area contributed by atoms with Gasteiger partial charge in [-0.05, 0) is 30.5 Å². The van der Waals surface area contributed by atoms with Gasteiger partial charge in [0, 0.05) is 0 Å². The number of halogens is 1. The van der Waals surface area contributed by atoms with Crippen molar-refractivity contribution in [1.82, 2.24) is 9.78 Å². The van der Waals surface area contributed by atoms with Gasteiger partial charge >= 0.3 is 0 Å². The summed E-state index contributed by atoms with van der Waals surface area (Å²) in [6.07, 6.45) is 1.41. The molecule has 1 aromatic carbocycles. The van der Waals surface area contributed by atoms with Crippen LogP contribution in [-0.2, 0) is 6.42 Å². The van der Waals surface area contributed by atoms with Crippen LogP contribution in [0.25, 0.3) is 5.69 Å². The molecule has 0 unspecified atom stereocenters.